The van der Waals surface area contributed by atoms with E-state index in [1.54, 1.807) is 25.3 Å². The number of hydrogen-bond acceptors (Lipinski definition) is 2. The van der Waals surface area contributed by atoms with Gasteiger partial charge < -0.3 is 4.98 Å². The molecule has 3 rings (SSSR count). The van der Waals surface area contributed by atoms with Gasteiger partial charge in [0.05, 0.1) is 11.1 Å². The first-order chi connectivity index (χ1) is 8.65. The number of pyridine rings is 1. The van der Waals surface area contributed by atoms with E-state index in [2.05, 4.69) is 30.9 Å². The zero-order chi connectivity index (χ0) is 12.7. The molecule has 0 aliphatic rings. The minimum atomic E-state index is -0.254. The Morgan fingerprint density at radius 2 is 2.17 bits per heavy atom. The van der Waals surface area contributed by atoms with Gasteiger partial charge in [0.2, 0.25) is 0 Å². The normalized spacial score (nSPS) is 11.1. The minimum Gasteiger partial charge on any atom is -0.336 e. The summed E-state index contributed by atoms with van der Waals surface area (Å²) in [6, 6.07) is 7.11. The van der Waals surface area contributed by atoms with Crippen LogP contribution in [0, 0.1) is 12.7 Å². The number of H-pyrrole nitrogens is 1. The Kier molecular flexibility index (Phi) is 2.63. The Labute approximate surface area is 111 Å². The van der Waals surface area contributed by atoms with Gasteiger partial charge in [-0.2, -0.15) is 0 Å². The van der Waals surface area contributed by atoms with Crippen LogP contribution in [0.2, 0.25) is 0 Å². The smallest absolute Gasteiger partial charge is 0.178 e. The molecule has 3 aromatic rings. The molecule has 0 atom stereocenters. The maximum Gasteiger partial charge on any atom is 0.178 e. The van der Waals surface area contributed by atoms with Crippen molar-refractivity contribution in [3.63, 3.8) is 0 Å². The highest BCUT2D eigenvalue weighted by Gasteiger charge is 2.12. The molecule has 1 aromatic carbocycles. The molecule has 18 heavy (non-hydrogen) atoms. The summed E-state index contributed by atoms with van der Waals surface area (Å²) in [5.74, 6) is 0.243. The third-order valence-corrected chi connectivity index (χ3v) is 3.18. The van der Waals surface area contributed by atoms with Gasteiger partial charge in [-0.15, -0.1) is 0 Å². The van der Waals surface area contributed by atoms with Crippen molar-refractivity contribution in [1.29, 1.82) is 0 Å². The van der Waals surface area contributed by atoms with E-state index in [0.29, 0.717) is 22.6 Å². The van der Waals surface area contributed by atoms with E-state index in [9.17, 15) is 4.39 Å². The van der Waals surface area contributed by atoms with Crippen LogP contribution >= 0.6 is 15.9 Å². The van der Waals surface area contributed by atoms with Crippen LogP contribution in [0.25, 0.3) is 22.6 Å². The number of nitrogens with zero attached hydrogens (tertiary/aromatic N) is 2. The number of hydrogen-bond donors (Lipinski definition) is 1. The van der Waals surface area contributed by atoms with Crippen molar-refractivity contribution in [1.82, 2.24) is 15.0 Å². The number of imidazole rings is 1. The van der Waals surface area contributed by atoms with Crippen LogP contribution in [-0.4, -0.2) is 15.0 Å². The average Bonchev–Trinajstić information content (AvgIpc) is 2.75. The molecule has 2 heterocycles. The zero-order valence-corrected chi connectivity index (χ0v) is 11.1. The largest absolute Gasteiger partial charge is 0.336 e. The van der Waals surface area contributed by atoms with E-state index in [1.165, 1.54) is 0 Å². The molecule has 0 fully saturated rings. The number of aromatic amines is 1. The molecule has 0 aliphatic heterocycles. The summed E-state index contributed by atoms with van der Waals surface area (Å²) in [4.78, 5) is 11.5. The van der Waals surface area contributed by atoms with Gasteiger partial charge in [0, 0.05) is 10.7 Å². The molecule has 3 nitrogen and oxygen atoms in total. The second-order valence-corrected chi connectivity index (χ2v) is 4.96. The van der Waals surface area contributed by atoms with Crippen LogP contribution in [0.15, 0.2) is 34.9 Å². The molecular weight excluding hydrogens is 297 g/mol. The van der Waals surface area contributed by atoms with E-state index in [1.807, 2.05) is 12.1 Å². The fraction of sp³-hybridized carbons (Fsp3) is 0.0769. The molecular formula is C13H9BrFN3. The lowest BCUT2D eigenvalue weighted by molar-refractivity contribution is 0.621. The maximum atomic E-state index is 14.0. The van der Waals surface area contributed by atoms with Crippen LogP contribution in [0.3, 0.4) is 0 Å². The second-order valence-electron chi connectivity index (χ2n) is 4.05. The highest BCUT2D eigenvalue weighted by Crippen LogP contribution is 2.25. The van der Waals surface area contributed by atoms with Gasteiger partial charge in [-0.1, -0.05) is 12.1 Å². The molecule has 90 valence electrons. The van der Waals surface area contributed by atoms with Crippen LogP contribution in [0.5, 0.6) is 0 Å². The summed E-state index contributed by atoms with van der Waals surface area (Å²) >= 11 is 3.34. The number of benzene rings is 1. The van der Waals surface area contributed by atoms with E-state index < -0.39 is 0 Å². The SMILES string of the molecule is Cc1cccc(-c2nc3ncc(Br)cc3[nH]2)c1F. The van der Waals surface area contributed by atoms with Crippen LogP contribution in [0.4, 0.5) is 4.39 Å². The fourth-order valence-corrected chi connectivity index (χ4v) is 2.16. The first-order valence-corrected chi connectivity index (χ1v) is 6.21. The van der Waals surface area contributed by atoms with Crippen molar-refractivity contribution in [3.8, 4) is 11.4 Å². The van der Waals surface area contributed by atoms with Crippen LogP contribution in [-0.2, 0) is 0 Å². The molecule has 0 unspecified atom stereocenters. The number of aryl methyl sites for hydroxylation is 1. The van der Waals surface area contributed by atoms with Gasteiger partial charge in [-0.25, -0.2) is 14.4 Å². The Hall–Kier alpha value is -1.75. The van der Waals surface area contributed by atoms with Crippen LogP contribution < -0.4 is 0 Å². The van der Waals surface area contributed by atoms with Crippen molar-refractivity contribution < 1.29 is 4.39 Å². The Balaban J connectivity index is 2.22. The predicted molar refractivity (Wildman–Crippen MR) is 71.7 cm³/mol. The first-order valence-electron chi connectivity index (χ1n) is 5.42. The molecule has 0 radical (unpaired) electrons. The van der Waals surface area contributed by atoms with Gasteiger partial charge >= 0.3 is 0 Å². The summed E-state index contributed by atoms with van der Waals surface area (Å²) < 4.78 is 14.9. The molecule has 5 heteroatoms. The lowest BCUT2D eigenvalue weighted by Gasteiger charge is -2.01. The quantitative estimate of drug-likeness (QED) is 0.742. The number of halogens is 2. The van der Waals surface area contributed by atoms with E-state index in [0.717, 1.165) is 9.99 Å². The fourth-order valence-electron chi connectivity index (χ4n) is 1.83. The van der Waals surface area contributed by atoms with Gasteiger partial charge in [0.1, 0.15) is 11.6 Å². The van der Waals surface area contributed by atoms with Crippen molar-refractivity contribution in [2.75, 3.05) is 0 Å². The van der Waals surface area contributed by atoms with Crippen molar-refractivity contribution in [3.05, 3.63) is 46.3 Å². The van der Waals surface area contributed by atoms with Crippen molar-refractivity contribution in [2.45, 2.75) is 6.92 Å². The molecule has 0 saturated heterocycles. The van der Waals surface area contributed by atoms with Gasteiger partial charge in [-0.05, 0) is 40.5 Å². The van der Waals surface area contributed by atoms with Crippen molar-refractivity contribution in [2.24, 2.45) is 0 Å². The van der Waals surface area contributed by atoms with E-state index in [-0.39, 0.29) is 5.82 Å². The molecule has 0 saturated carbocycles. The molecule has 0 spiro atoms. The first kappa shape index (κ1) is 11.3. The third kappa shape index (κ3) is 1.80. The second kappa shape index (κ2) is 4.17. The Bertz CT molecular complexity index is 736. The topological polar surface area (TPSA) is 41.6 Å². The average molecular weight is 306 g/mol. The van der Waals surface area contributed by atoms with Crippen molar-refractivity contribution >= 4 is 27.1 Å². The number of aromatic nitrogens is 3. The highest BCUT2D eigenvalue weighted by atomic mass is 79.9. The van der Waals surface area contributed by atoms with Crippen LogP contribution in [0.1, 0.15) is 5.56 Å². The monoisotopic (exact) mass is 305 g/mol. The summed E-state index contributed by atoms with van der Waals surface area (Å²) in [7, 11) is 0. The summed E-state index contributed by atoms with van der Waals surface area (Å²) in [5.41, 5.74) is 2.42. The summed E-state index contributed by atoms with van der Waals surface area (Å²) in [6.45, 7) is 1.73. The number of fused-ring (bicyclic) bond motifs is 1. The lowest BCUT2D eigenvalue weighted by atomic mass is 10.1. The Morgan fingerprint density at radius 3 is 3.00 bits per heavy atom. The maximum absolute atomic E-state index is 14.0. The molecule has 0 amide bonds. The zero-order valence-electron chi connectivity index (χ0n) is 9.54. The molecule has 1 N–H and O–H groups in total. The lowest BCUT2D eigenvalue weighted by Crippen LogP contribution is -1.89. The van der Waals surface area contributed by atoms with E-state index in [4.69, 9.17) is 0 Å². The van der Waals surface area contributed by atoms with E-state index >= 15 is 0 Å². The Morgan fingerprint density at radius 1 is 1.33 bits per heavy atom. The standard InChI is InChI=1S/C13H9BrFN3/c1-7-3-2-4-9(11(7)15)12-17-10-5-8(14)6-16-13(10)18-12/h2-6H,1H3,(H,16,17,18). The molecule has 0 bridgehead atoms. The highest BCUT2D eigenvalue weighted by molar-refractivity contribution is 9.10. The van der Waals surface area contributed by atoms with Gasteiger partial charge in [0.25, 0.3) is 0 Å². The minimum absolute atomic E-state index is 0.254. The number of nitrogens with one attached hydrogen (secondary N) is 1. The molecule has 0 aliphatic carbocycles. The number of rotatable bonds is 1. The summed E-state index contributed by atoms with van der Waals surface area (Å²) in [6.07, 6.45) is 1.67. The predicted octanol–water partition coefficient (Wildman–Crippen LogP) is 3.83. The third-order valence-electron chi connectivity index (χ3n) is 2.75. The summed E-state index contributed by atoms with van der Waals surface area (Å²) in [5, 5.41) is 0. The van der Waals surface area contributed by atoms with Gasteiger partial charge in [-0.3, -0.25) is 0 Å². The molecule has 2 aromatic heterocycles. The van der Waals surface area contributed by atoms with Gasteiger partial charge in [0.15, 0.2) is 5.65 Å².